The fraction of sp³-hybridized carbons (Fsp3) is 0.375. The Morgan fingerprint density at radius 2 is 1.77 bits per heavy atom. The minimum atomic E-state index is -0.267. The zero-order chi connectivity index (χ0) is 15.7. The number of anilines is 1. The van der Waals surface area contributed by atoms with Gasteiger partial charge in [0, 0.05) is 6.54 Å². The van der Waals surface area contributed by atoms with Crippen LogP contribution in [-0.4, -0.2) is 26.5 Å². The smallest absolute Gasteiger partial charge is 0.280 e. The van der Waals surface area contributed by atoms with Crippen LogP contribution in [0, 0.1) is 13.8 Å². The molecule has 0 saturated heterocycles. The molecule has 0 atom stereocenters. The number of hydrogen-bond donors (Lipinski definition) is 2. The molecule has 2 aromatic heterocycles. The standard InChI is InChI=1S/C16H19N5O/c1-4-5-6-17-16-20-14-13(15(22)21-16)18-11-7-9(2)10(3)8-12(11)19-14/h7-8H,4-6H2,1-3H3,(H2,17,19,20,21,22). The predicted octanol–water partition coefficient (Wildman–Crippen LogP) is 2.70. The average molecular weight is 297 g/mol. The Morgan fingerprint density at radius 3 is 2.45 bits per heavy atom. The number of benzene rings is 1. The number of aryl methyl sites for hydroxylation is 2. The highest BCUT2D eigenvalue weighted by Crippen LogP contribution is 2.18. The number of aromatic amines is 1. The summed E-state index contributed by atoms with van der Waals surface area (Å²) in [6, 6.07) is 3.92. The van der Waals surface area contributed by atoms with Crippen LogP contribution < -0.4 is 10.9 Å². The molecule has 2 N–H and O–H groups in total. The molecule has 3 rings (SSSR count). The highest BCUT2D eigenvalue weighted by atomic mass is 16.1. The fourth-order valence-corrected chi connectivity index (χ4v) is 2.30. The van der Waals surface area contributed by atoms with Crippen molar-refractivity contribution < 1.29 is 0 Å². The first-order valence-corrected chi connectivity index (χ1v) is 7.51. The van der Waals surface area contributed by atoms with Gasteiger partial charge in [0.1, 0.15) is 0 Å². The summed E-state index contributed by atoms with van der Waals surface area (Å²) in [5, 5.41) is 3.11. The summed E-state index contributed by atoms with van der Waals surface area (Å²) < 4.78 is 0. The maximum Gasteiger partial charge on any atom is 0.280 e. The van der Waals surface area contributed by atoms with Gasteiger partial charge in [0.15, 0.2) is 11.2 Å². The van der Waals surface area contributed by atoms with Crippen LogP contribution >= 0.6 is 0 Å². The Morgan fingerprint density at radius 1 is 1.09 bits per heavy atom. The van der Waals surface area contributed by atoms with Crippen LogP contribution in [0.15, 0.2) is 16.9 Å². The molecule has 0 unspecified atom stereocenters. The first-order valence-electron chi connectivity index (χ1n) is 7.51. The first kappa shape index (κ1) is 14.4. The summed E-state index contributed by atoms with van der Waals surface area (Å²) in [4.78, 5) is 28.2. The minimum Gasteiger partial charge on any atom is -0.356 e. The van der Waals surface area contributed by atoms with E-state index in [0.717, 1.165) is 41.5 Å². The third-order valence-electron chi connectivity index (χ3n) is 3.75. The van der Waals surface area contributed by atoms with Crippen molar-refractivity contribution in [2.75, 3.05) is 11.9 Å². The molecule has 0 saturated carbocycles. The largest absolute Gasteiger partial charge is 0.356 e. The number of rotatable bonds is 4. The highest BCUT2D eigenvalue weighted by molar-refractivity contribution is 5.85. The van der Waals surface area contributed by atoms with Crippen molar-refractivity contribution in [3.05, 3.63) is 33.6 Å². The van der Waals surface area contributed by atoms with E-state index in [2.05, 4.69) is 32.2 Å². The van der Waals surface area contributed by atoms with E-state index in [1.807, 2.05) is 26.0 Å². The molecule has 0 radical (unpaired) electrons. The monoisotopic (exact) mass is 297 g/mol. The summed E-state index contributed by atoms with van der Waals surface area (Å²) in [6.45, 7) is 6.93. The van der Waals surface area contributed by atoms with Gasteiger partial charge in [-0.15, -0.1) is 0 Å². The molecule has 3 aromatic rings. The SMILES string of the molecule is CCCCNc1nc2nc3cc(C)c(C)cc3nc2c(=O)[nH]1. The Hall–Kier alpha value is -2.50. The van der Waals surface area contributed by atoms with Gasteiger partial charge in [-0.3, -0.25) is 9.78 Å². The third-order valence-corrected chi connectivity index (χ3v) is 3.75. The van der Waals surface area contributed by atoms with Crippen LogP contribution in [0.1, 0.15) is 30.9 Å². The summed E-state index contributed by atoms with van der Waals surface area (Å²) in [5.41, 5.74) is 4.13. The minimum absolute atomic E-state index is 0.267. The van der Waals surface area contributed by atoms with E-state index >= 15 is 0 Å². The normalized spacial score (nSPS) is 11.2. The van der Waals surface area contributed by atoms with Gasteiger partial charge in [-0.2, -0.15) is 4.98 Å². The predicted molar refractivity (Wildman–Crippen MR) is 88.3 cm³/mol. The van der Waals surface area contributed by atoms with E-state index in [1.165, 1.54) is 0 Å². The molecule has 6 heteroatoms. The number of H-pyrrole nitrogens is 1. The van der Waals surface area contributed by atoms with Gasteiger partial charge >= 0.3 is 0 Å². The van der Waals surface area contributed by atoms with Gasteiger partial charge in [-0.1, -0.05) is 13.3 Å². The molecule has 0 spiro atoms. The summed E-state index contributed by atoms with van der Waals surface area (Å²) in [7, 11) is 0. The van der Waals surface area contributed by atoms with Crippen molar-refractivity contribution in [2.24, 2.45) is 0 Å². The fourth-order valence-electron chi connectivity index (χ4n) is 2.30. The zero-order valence-electron chi connectivity index (χ0n) is 13.0. The van der Waals surface area contributed by atoms with Crippen molar-refractivity contribution in [2.45, 2.75) is 33.6 Å². The number of hydrogen-bond acceptors (Lipinski definition) is 5. The van der Waals surface area contributed by atoms with E-state index in [9.17, 15) is 4.79 Å². The molecule has 0 aliphatic heterocycles. The van der Waals surface area contributed by atoms with Crippen molar-refractivity contribution in [1.82, 2.24) is 19.9 Å². The second-order valence-electron chi connectivity index (χ2n) is 5.52. The van der Waals surface area contributed by atoms with Gasteiger partial charge in [-0.05, 0) is 43.5 Å². The highest BCUT2D eigenvalue weighted by Gasteiger charge is 2.09. The van der Waals surface area contributed by atoms with E-state index in [-0.39, 0.29) is 11.1 Å². The Balaban J connectivity index is 2.14. The molecule has 0 aliphatic carbocycles. The summed E-state index contributed by atoms with van der Waals surface area (Å²) in [5.74, 6) is 0.448. The van der Waals surface area contributed by atoms with Gasteiger partial charge < -0.3 is 5.32 Å². The average Bonchev–Trinajstić information content (AvgIpc) is 2.48. The summed E-state index contributed by atoms with van der Waals surface area (Å²) >= 11 is 0. The molecule has 0 fully saturated rings. The van der Waals surface area contributed by atoms with Crippen LogP contribution in [0.4, 0.5) is 5.95 Å². The van der Waals surface area contributed by atoms with Crippen LogP contribution in [0.5, 0.6) is 0 Å². The molecule has 0 bridgehead atoms. The van der Waals surface area contributed by atoms with Crippen molar-refractivity contribution in [3.63, 3.8) is 0 Å². The summed E-state index contributed by atoms with van der Waals surface area (Å²) in [6.07, 6.45) is 2.09. The lowest BCUT2D eigenvalue weighted by atomic mass is 10.1. The van der Waals surface area contributed by atoms with Crippen molar-refractivity contribution in [1.29, 1.82) is 0 Å². The van der Waals surface area contributed by atoms with E-state index in [0.29, 0.717) is 11.6 Å². The quantitative estimate of drug-likeness (QED) is 0.571. The van der Waals surface area contributed by atoms with Gasteiger partial charge in [0.05, 0.1) is 11.0 Å². The Labute approximate surface area is 128 Å². The molecule has 0 amide bonds. The van der Waals surface area contributed by atoms with Crippen LogP contribution in [-0.2, 0) is 0 Å². The number of fused-ring (bicyclic) bond motifs is 2. The first-order chi connectivity index (χ1) is 10.6. The number of nitrogens with one attached hydrogen (secondary N) is 2. The van der Waals surface area contributed by atoms with Crippen LogP contribution in [0.3, 0.4) is 0 Å². The maximum absolute atomic E-state index is 12.2. The molecule has 1 aromatic carbocycles. The van der Waals surface area contributed by atoms with Crippen LogP contribution in [0.25, 0.3) is 22.2 Å². The Bertz CT molecular complexity index is 900. The molecular formula is C16H19N5O. The number of aromatic nitrogens is 4. The van der Waals surface area contributed by atoms with E-state index in [4.69, 9.17) is 0 Å². The van der Waals surface area contributed by atoms with Gasteiger partial charge in [0.25, 0.3) is 5.56 Å². The lowest BCUT2D eigenvalue weighted by molar-refractivity contribution is 0.826. The second-order valence-corrected chi connectivity index (χ2v) is 5.52. The van der Waals surface area contributed by atoms with E-state index in [1.54, 1.807) is 0 Å². The molecule has 22 heavy (non-hydrogen) atoms. The van der Waals surface area contributed by atoms with Gasteiger partial charge in [0.2, 0.25) is 5.95 Å². The van der Waals surface area contributed by atoms with Gasteiger partial charge in [-0.25, -0.2) is 9.97 Å². The zero-order valence-corrected chi connectivity index (χ0v) is 13.0. The Kier molecular flexibility index (Phi) is 3.75. The lowest BCUT2D eigenvalue weighted by Gasteiger charge is -2.07. The molecule has 0 aliphatic rings. The number of unbranched alkanes of at least 4 members (excludes halogenated alkanes) is 1. The van der Waals surface area contributed by atoms with Crippen molar-refractivity contribution in [3.8, 4) is 0 Å². The second kappa shape index (κ2) is 5.71. The lowest BCUT2D eigenvalue weighted by Crippen LogP contribution is -2.15. The molecular weight excluding hydrogens is 278 g/mol. The molecule has 6 nitrogen and oxygen atoms in total. The van der Waals surface area contributed by atoms with Crippen molar-refractivity contribution >= 4 is 28.1 Å². The number of nitrogens with zero attached hydrogens (tertiary/aromatic N) is 3. The van der Waals surface area contributed by atoms with E-state index < -0.39 is 0 Å². The molecule has 114 valence electrons. The molecule has 2 heterocycles. The van der Waals surface area contributed by atoms with Crippen LogP contribution in [0.2, 0.25) is 0 Å². The topological polar surface area (TPSA) is 83.6 Å². The maximum atomic E-state index is 12.2. The third kappa shape index (κ3) is 2.64.